The van der Waals surface area contributed by atoms with Gasteiger partial charge in [0, 0.05) is 44.8 Å². The third kappa shape index (κ3) is 7.02. The fourth-order valence-electron chi connectivity index (χ4n) is 10.8. The van der Waals surface area contributed by atoms with Gasteiger partial charge in [-0.05, 0) is 143 Å². The largest absolute Gasteiger partial charge is 0.311 e. The number of hydrogen-bond acceptors (Lipinski definition) is 2. The number of rotatable bonds is 10. The molecular weight excluding hydrogens is 749 g/mol. The van der Waals surface area contributed by atoms with Crippen molar-refractivity contribution in [3.63, 3.8) is 0 Å². The Bertz CT molecular complexity index is 2740. The Hall–Kier alpha value is -6.64. The van der Waals surface area contributed by atoms with Crippen LogP contribution >= 0.6 is 0 Å². The molecule has 0 atom stereocenters. The van der Waals surface area contributed by atoms with E-state index in [-0.39, 0.29) is 10.8 Å². The van der Waals surface area contributed by atoms with E-state index in [4.69, 9.17) is 0 Å². The van der Waals surface area contributed by atoms with Crippen LogP contribution in [0.3, 0.4) is 0 Å². The van der Waals surface area contributed by atoms with Crippen molar-refractivity contribution in [3.8, 4) is 22.3 Å². The summed E-state index contributed by atoms with van der Waals surface area (Å²) in [6.45, 7) is 9.56. The summed E-state index contributed by atoms with van der Waals surface area (Å²) in [5.74, 6) is 1.43. The summed E-state index contributed by atoms with van der Waals surface area (Å²) >= 11 is 0. The fraction of sp³-hybridized carbons (Fsp3) is 0.200. The van der Waals surface area contributed by atoms with Gasteiger partial charge in [0.1, 0.15) is 0 Å². The highest BCUT2D eigenvalue weighted by Crippen LogP contribution is 2.53. The summed E-state index contributed by atoms with van der Waals surface area (Å²) in [5, 5.41) is 0. The third-order valence-corrected chi connectivity index (χ3v) is 14.3. The zero-order valence-electron chi connectivity index (χ0n) is 36.5. The maximum atomic E-state index is 2.49. The first-order chi connectivity index (χ1) is 30.3. The highest BCUT2D eigenvalue weighted by Gasteiger charge is 2.40. The molecule has 2 aliphatic rings. The highest BCUT2D eigenvalue weighted by atomic mass is 15.1. The minimum atomic E-state index is -0.105. The van der Waals surface area contributed by atoms with Gasteiger partial charge in [0.25, 0.3) is 0 Å². The highest BCUT2D eigenvalue weighted by molar-refractivity contribution is 5.90. The summed E-state index contributed by atoms with van der Waals surface area (Å²) in [6, 6.07) is 76.5. The summed E-state index contributed by atoms with van der Waals surface area (Å²) < 4.78 is 0. The average Bonchev–Trinajstić information content (AvgIpc) is 3.56. The van der Waals surface area contributed by atoms with Crippen LogP contribution in [-0.4, -0.2) is 0 Å². The summed E-state index contributed by atoms with van der Waals surface area (Å²) in [7, 11) is 0. The van der Waals surface area contributed by atoms with Crippen molar-refractivity contribution in [2.75, 3.05) is 9.80 Å². The SMILES string of the molecule is CC(C)C1CCC(c2ccc(N(c3ccccc3)c3ccccc3)cc2)(c2ccc(N(c3ccc4c(c3)C(C)(C)c3ccccc3-4)c3ccccc3-c3ccccc3)cc2)CC1. The first kappa shape index (κ1) is 39.5. The Morgan fingerprint density at radius 2 is 0.871 bits per heavy atom. The minimum absolute atomic E-state index is 0.0804. The van der Waals surface area contributed by atoms with Crippen molar-refractivity contribution in [1.29, 1.82) is 0 Å². The lowest BCUT2D eigenvalue weighted by atomic mass is 9.61. The van der Waals surface area contributed by atoms with Crippen LogP contribution in [0.25, 0.3) is 22.3 Å². The van der Waals surface area contributed by atoms with E-state index in [1.807, 2.05) is 0 Å². The fourth-order valence-corrected chi connectivity index (χ4v) is 10.8. The van der Waals surface area contributed by atoms with Gasteiger partial charge < -0.3 is 9.80 Å². The van der Waals surface area contributed by atoms with Gasteiger partial charge in [-0.15, -0.1) is 0 Å². The molecule has 0 amide bonds. The van der Waals surface area contributed by atoms with Crippen molar-refractivity contribution in [2.24, 2.45) is 11.8 Å². The molecule has 8 aromatic rings. The number of fused-ring (bicyclic) bond motifs is 3. The molecule has 2 nitrogen and oxygen atoms in total. The van der Waals surface area contributed by atoms with Crippen molar-refractivity contribution in [3.05, 3.63) is 229 Å². The van der Waals surface area contributed by atoms with E-state index in [1.165, 1.54) is 74.4 Å². The van der Waals surface area contributed by atoms with E-state index >= 15 is 0 Å². The Morgan fingerprint density at radius 1 is 0.419 bits per heavy atom. The maximum absolute atomic E-state index is 2.49. The maximum Gasteiger partial charge on any atom is 0.0540 e. The van der Waals surface area contributed by atoms with Gasteiger partial charge >= 0.3 is 0 Å². The van der Waals surface area contributed by atoms with Gasteiger partial charge in [0.05, 0.1) is 5.69 Å². The van der Waals surface area contributed by atoms with Crippen LogP contribution in [0.5, 0.6) is 0 Å². The lowest BCUT2D eigenvalue weighted by Crippen LogP contribution is -2.34. The van der Waals surface area contributed by atoms with Crippen LogP contribution in [0.1, 0.15) is 75.6 Å². The van der Waals surface area contributed by atoms with Crippen molar-refractivity contribution in [1.82, 2.24) is 0 Å². The molecule has 2 aliphatic carbocycles. The normalized spacial score (nSPS) is 17.6. The van der Waals surface area contributed by atoms with Crippen molar-refractivity contribution < 1.29 is 0 Å². The van der Waals surface area contributed by atoms with Crippen LogP contribution in [0.4, 0.5) is 34.1 Å². The first-order valence-electron chi connectivity index (χ1n) is 22.6. The molecule has 0 radical (unpaired) electrons. The predicted molar refractivity (Wildman–Crippen MR) is 263 cm³/mol. The Morgan fingerprint density at radius 3 is 1.45 bits per heavy atom. The topological polar surface area (TPSA) is 6.48 Å². The lowest BCUT2D eigenvalue weighted by Gasteiger charge is -2.43. The minimum Gasteiger partial charge on any atom is -0.311 e. The van der Waals surface area contributed by atoms with E-state index < -0.39 is 0 Å². The second-order valence-electron chi connectivity index (χ2n) is 18.4. The third-order valence-electron chi connectivity index (χ3n) is 14.3. The molecule has 0 bridgehead atoms. The monoisotopic (exact) mass is 804 g/mol. The number of nitrogens with zero attached hydrogens (tertiary/aromatic N) is 2. The molecule has 1 saturated carbocycles. The molecule has 306 valence electrons. The summed E-state index contributed by atoms with van der Waals surface area (Å²) in [6.07, 6.45) is 4.73. The Kier molecular flexibility index (Phi) is 10.4. The molecule has 0 aliphatic heterocycles. The predicted octanol–water partition coefficient (Wildman–Crippen LogP) is 16.7. The van der Waals surface area contributed by atoms with Crippen LogP contribution in [-0.2, 0) is 10.8 Å². The van der Waals surface area contributed by atoms with Crippen LogP contribution in [0.2, 0.25) is 0 Å². The molecule has 62 heavy (non-hydrogen) atoms. The Labute approximate surface area is 369 Å². The van der Waals surface area contributed by atoms with Gasteiger partial charge in [-0.25, -0.2) is 0 Å². The van der Waals surface area contributed by atoms with E-state index in [9.17, 15) is 0 Å². The number of para-hydroxylation sites is 3. The number of benzene rings is 8. The molecule has 0 heterocycles. The Balaban J connectivity index is 1.07. The quantitative estimate of drug-likeness (QED) is 0.136. The smallest absolute Gasteiger partial charge is 0.0540 e. The number of hydrogen-bond donors (Lipinski definition) is 0. The molecule has 10 rings (SSSR count). The zero-order chi connectivity index (χ0) is 42.3. The second kappa shape index (κ2) is 16.3. The molecule has 0 unspecified atom stereocenters. The molecule has 0 saturated heterocycles. The van der Waals surface area contributed by atoms with Gasteiger partial charge in [0.15, 0.2) is 0 Å². The zero-order valence-corrected chi connectivity index (χ0v) is 36.5. The lowest BCUT2D eigenvalue weighted by molar-refractivity contribution is 0.217. The average molecular weight is 805 g/mol. The molecule has 1 fully saturated rings. The molecule has 0 N–H and O–H groups in total. The van der Waals surface area contributed by atoms with Gasteiger partial charge in [-0.3, -0.25) is 0 Å². The number of anilines is 6. The summed E-state index contributed by atoms with van der Waals surface area (Å²) in [5.41, 5.74) is 17.5. The van der Waals surface area contributed by atoms with Gasteiger partial charge in [0.2, 0.25) is 0 Å². The second-order valence-corrected chi connectivity index (χ2v) is 18.4. The molecule has 0 spiro atoms. The van der Waals surface area contributed by atoms with E-state index in [0.717, 1.165) is 35.8 Å². The van der Waals surface area contributed by atoms with E-state index in [0.29, 0.717) is 5.92 Å². The van der Waals surface area contributed by atoms with Crippen molar-refractivity contribution >= 4 is 34.1 Å². The van der Waals surface area contributed by atoms with Gasteiger partial charge in [-0.1, -0.05) is 167 Å². The molecule has 2 heteroatoms. The van der Waals surface area contributed by atoms with Crippen LogP contribution in [0, 0.1) is 11.8 Å². The molecule has 8 aromatic carbocycles. The van der Waals surface area contributed by atoms with Crippen LogP contribution < -0.4 is 9.80 Å². The first-order valence-corrected chi connectivity index (χ1v) is 22.6. The standard InChI is InChI=1S/C60H56N2/c1-43(2)44-38-40-60(41-39-44,46-28-32-50(33-29-46)61(48-20-10-6-11-21-48)49-22-12-7-13-23-49)47-30-34-51(35-31-47)62(58-27-17-15-24-53(58)45-18-8-5-9-19-45)52-36-37-55-54-25-14-16-26-56(54)59(3,4)57(55)42-52/h5-37,42-44H,38-41H2,1-4H3. The summed E-state index contributed by atoms with van der Waals surface area (Å²) in [4.78, 5) is 4.85. The van der Waals surface area contributed by atoms with E-state index in [2.05, 4.69) is 244 Å². The van der Waals surface area contributed by atoms with Crippen LogP contribution in [0.15, 0.2) is 206 Å². The van der Waals surface area contributed by atoms with Gasteiger partial charge in [-0.2, -0.15) is 0 Å². The molecule has 0 aromatic heterocycles. The molecular formula is C60H56N2. The van der Waals surface area contributed by atoms with E-state index in [1.54, 1.807) is 0 Å². The van der Waals surface area contributed by atoms with Crippen molar-refractivity contribution in [2.45, 2.75) is 64.2 Å².